The molecule has 2 aromatic heterocycles. The summed E-state index contributed by atoms with van der Waals surface area (Å²) in [6.45, 7) is 2.66. The van der Waals surface area contributed by atoms with E-state index in [1.54, 1.807) is 11.0 Å². The molecule has 2 amide bonds. The third-order valence-electron chi connectivity index (χ3n) is 5.51. The van der Waals surface area contributed by atoms with Gasteiger partial charge in [0.2, 0.25) is 0 Å². The fourth-order valence-corrected chi connectivity index (χ4v) is 4.16. The lowest BCUT2D eigenvalue weighted by Gasteiger charge is -2.32. The third kappa shape index (κ3) is 4.34. The quantitative estimate of drug-likeness (QED) is 0.494. The predicted molar refractivity (Wildman–Crippen MR) is 113 cm³/mol. The highest BCUT2D eigenvalue weighted by Crippen LogP contribution is 2.35. The van der Waals surface area contributed by atoms with Crippen molar-refractivity contribution in [2.24, 2.45) is 0 Å². The Bertz CT molecular complexity index is 1120. The van der Waals surface area contributed by atoms with E-state index in [0.29, 0.717) is 31.6 Å². The Morgan fingerprint density at radius 3 is 2.45 bits per heavy atom. The normalized spacial score (nSPS) is 15.5. The molecule has 1 fully saturated rings. The number of benzene rings is 1. The van der Waals surface area contributed by atoms with Crippen LogP contribution in [0.5, 0.6) is 0 Å². The summed E-state index contributed by atoms with van der Waals surface area (Å²) < 4.78 is 40.5. The summed E-state index contributed by atoms with van der Waals surface area (Å²) in [6, 6.07) is 6.73. The summed E-state index contributed by atoms with van der Waals surface area (Å²) in [5.41, 5.74) is 0.945. The second-order valence-corrected chi connectivity index (χ2v) is 8.50. The molecule has 4 rings (SSSR count). The molecule has 0 bridgehead atoms. The average molecular weight is 497 g/mol. The number of likely N-dealkylation sites (tertiary alicyclic amines) is 1. The van der Waals surface area contributed by atoms with Gasteiger partial charge in [0.25, 0.3) is 11.8 Å². The number of nitrogens with one attached hydrogen (secondary N) is 3. The number of rotatable bonds is 3. The average Bonchev–Trinajstić information content (AvgIpc) is 3.30. The second-order valence-electron chi connectivity index (χ2n) is 7.64. The number of H-pyrrole nitrogens is 2. The van der Waals surface area contributed by atoms with E-state index in [9.17, 15) is 22.8 Å². The topological polar surface area (TPSA) is 81.0 Å². The van der Waals surface area contributed by atoms with E-state index < -0.39 is 11.7 Å². The molecular formula is C21H20BrF3N4O2. The van der Waals surface area contributed by atoms with Gasteiger partial charge in [0.1, 0.15) is 11.4 Å². The number of alkyl halides is 3. The molecule has 1 aromatic carbocycles. The van der Waals surface area contributed by atoms with Crippen LogP contribution in [0.25, 0.3) is 10.9 Å². The SMILES string of the molecule is Cc1[nH]c(C(=O)NC2CCN(C(=O)c3cc4c(C(F)(F)F)cccc4[nH]3)CC2)cc1Br. The van der Waals surface area contributed by atoms with Gasteiger partial charge in [-0.25, -0.2) is 0 Å². The molecule has 6 nitrogen and oxygen atoms in total. The number of amides is 2. The Hall–Kier alpha value is -2.75. The van der Waals surface area contributed by atoms with Crippen molar-refractivity contribution < 1.29 is 22.8 Å². The lowest BCUT2D eigenvalue weighted by atomic mass is 10.0. The number of aryl methyl sites for hydroxylation is 1. The molecule has 0 radical (unpaired) electrons. The number of aromatic amines is 2. The smallest absolute Gasteiger partial charge is 0.354 e. The van der Waals surface area contributed by atoms with Crippen molar-refractivity contribution >= 4 is 38.6 Å². The Labute approximate surface area is 184 Å². The summed E-state index contributed by atoms with van der Waals surface area (Å²) in [7, 11) is 0. The number of fused-ring (bicyclic) bond motifs is 1. The summed E-state index contributed by atoms with van der Waals surface area (Å²) in [6.07, 6.45) is -3.37. The lowest BCUT2D eigenvalue weighted by molar-refractivity contribution is -0.136. The van der Waals surface area contributed by atoms with Crippen LogP contribution in [0.15, 0.2) is 34.8 Å². The van der Waals surface area contributed by atoms with Crippen LogP contribution in [0.3, 0.4) is 0 Å². The highest BCUT2D eigenvalue weighted by molar-refractivity contribution is 9.10. The zero-order chi connectivity index (χ0) is 22.3. The Morgan fingerprint density at radius 2 is 1.84 bits per heavy atom. The van der Waals surface area contributed by atoms with E-state index >= 15 is 0 Å². The number of nitrogens with zero attached hydrogens (tertiary/aromatic N) is 1. The number of hydrogen-bond acceptors (Lipinski definition) is 2. The molecular weight excluding hydrogens is 477 g/mol. The number of aromatic nitrogens is 2. The van der Waals surface area contributed by atoms with E-state index in [0.717, 1.165) is 16.2 Å². The van der Waals surface area contributed by atoms with Gasteiger partial charge in [-0.2, -0.15) is 13.2 Å². The lowest BCUT2D eigenvalue weighted by Crippen LogP contribution is -2.46. The van der Waals surface area contributed by atoms with Crippen molar-refractivity contribution in [3.8, 4) is 0 Å². The molecule has 1 saturated heterocycles. The molecule has 0 saturated carbocycles. The molecule has 0 spiro atoms. The molecule has 3 N–H and O–H groups in total. The largest absolute Gasteiger partial charge is 0.417 e. The first-order valence-electron chi connectivity index (χ1n) is 9.77. The monoisotopic (exact) mass is 496 g/mol. The maximum absolute atomic E-state index is 13.2. The second kappa shape index (κ2) is 8.07. The first kappa shape index (κ1) is 21.5. The van der Waals surface area contributed by atoms with Gasteiger partial charge in [0, 0.05) is 40.2 Å². The molecule has 1 aliphatic heterocycles. The van der Waals surface area contributed by atoms with Gasteiger partial charge in [-0.1, -0.05) is 6.07 Å². The van der Waals surface area contributed by atoms with Crippen LogP contribution in [0, 0.1) is 6.92 Å². The van der Waals surface area contributed by atoms with Gasteiger partial charge in [-0.05, 0) is 60.0 Å². The summed E-state index contributed by atoms with van der Waals surface area (Å²) >= 11 is 3.36. The minimum atomic E-state index is -4.49. The first-order valence-corrected chi connectivity index (χ1v) is 10.6. The number of piperidine rings is 1. The molecule has 0 atom stereocenters. The standard InChI is InChI=1S/C21H20BrF3N4O2/c1-11-15(22)10-17(26-11)19(30)27-12-5-7-29(8-6-12)20(31)18-9-13-14(21(23,24)25)3-2-4-16(13)28-18/h2-4,9-10,12,26,28H,5-8H2,1H3,(H,27,30). The molecule has 10 heteroatoms. The summed E-state index contributed by atoms with van der Waals surface area (Å²) in [5.74, 6) is -0.563. The molecule has 3 heterocycles. The Kier molecular flexibility index (Phi) is 5.59. The van der Waals surface area contributed by atoms with Crippen LogP contribution in [0.4, 0.5) is 13.2 Å². The number of carbonyl (C=O) groups excluding carboxylic acids is 2. The molecule has 1 aliphatic rings. The van der Waals surface area contributed by atoms with E-state index in [2.05, 4.69) is 31.2 Å². The first-order chi connectivity index (χ1) is 14.6. The van der Waals surface area contributed by atoms with E-state index in [-0.39, 0.29) is 34.5 Å². The predicted octanol–water partition coefficient (Wildman–Crippen LogP) is 4.62. The molecule has 3 aromatic rings. The van der Waals surface area contributed by atoms with E-state index in [4.69, 9.17) is 0 Å². The highest BCUT2D eigenvalue weighted by Gasteiger charge is 2.33. The minimum absolute atomic E-state index is 0.0205. The molecule has 31 heavy (non-hydrogen) atoms. The van der Waals surface area contributed by atoms with Gasteiger partial charge in [-0.15, -0.1) is 0 Å². The zero-order valence-corrected chi connectivity index (χ0v) is 18.2. The van der Waals surface area contributed by atoms with Crippen molar-refractivity contribution in [3.63, 3.8) is 0 Å². The van der Waals surface area contributed by atoms with Gasteiger partial charge in [-0.3, -0.25) is 9.59 Å². The van der Waals surface area contributed by atoms with Crippen LogP contribution in [0.2, 0.25) is 0 Å². The summed E-state index contributed by atoms with van der Waals surface area (Å²) in [5, 5.41) is 2.94. The van der Waals surface area contributed by atoms with Crippen LogP contribution in [-0.4, -0.2) is 45.8 Å². The van der Waals surface area contributed by atoms with Gasteiger partial charge >= 0.3 is 6.18 Å². The van der Waals surface area contributed by atoms with Crippen molar-refractivity contribution in [2.75, 3.05) is 13.1 Å². The van der Waals surface area contributed by atoms with Crippen LogP contribution in [-0.2, 0) is 6.18 Å². The van der Waals surface area contributed by atoms with Crippen LogP contribution in [0.1, 0.15) is 45.1 Å². The van der Waals surface area contributed by atoms with Gasteiger partial charge in [0.05, 0.1) is 5.56 Å². The minimum Gasteiger partial charge on any atom is -0.354 e. The summed E-state index contributed by atoms with van der Waals surface area (Å²) in [4.78, 5) is 32.6. The van der Waals surface area contributed by atoms with Crippen LogP contribution >= 0.6 is 15.9 Å². The van der Waals surface area contributed by atoms with Crippen molar-refractivity contribution in [3.05, 3.63) is 57.4 Å². The van der Waals surface area contributed by atoms with E-state index in [1.165, 1.54) is 18.2 Å². The number of halogens is 4. The highest BCUT2D eigenvalue weighted by atomic mass is 79.9. The van der Waals surface area contributed by atoms with Crippen molar-refractivity contribution in [2.45, 2.75) is 32.0 Å². The van der Waals surface area contributed by atoms with Gasteiger partial charge in [0.15, 0.2) is 0 Å². The van der Waals surface area contributed by atoms with Crippen molar-refractivity contribution in [1.82, 2.24) is 20.2 Å². The van der Waals surface area contributed by atoms with E-state index in [1.807, 2.05) is 6.92 Å². The number of hydrogen-bond donors (Lipinski definition) is 3. The number of carbonyl (C=O) groups is 2. The fourth-order valence-electron chi connectivity index (χ4n) is 3.83. The Balaban J connectivity index is 1.41. The molecule has 0 aliphatic carbocycles. The fraction of sp³-hybridized carbons (Fsp3) is 0.333. The maximum Gasteiger partial charge on any atom is 0.417 e. The molecule has 164 valence electrons. The third-order valence-corrected chi connectivity index (χ3v) is 6.34. The van der Waals surface area contributed by atoms with Gasteiger partial charge < -0.3 is 20.2 Å². The molecule has 0 unspecified atom stereocenters. The van der Waals surface area contributed by atoms with Crippen molar-refractivity contribution in [1.29, 1.82) is 0 Å². The zero-order valence-electron chi connectivity index (χ0n) is 16.6. The Morgan fingerprint density at radius 1 is 1.13 bits per heavy atom. The van der Waals surface area contributed by atoms with Crippen LogP contribution < -0.4 is 5.32 Å². The maximum atomic E-state index is 13.2.